The first-order chi connectivity index (χ1) is 17.5. The van der Waals surface area contributed by atoms with Crippen molar-refractivity contribution >= 4 is 24.7 Å². The van der Waals surface area contributed by atoms with E-state index in [0.717, 1.165) is 0 Å². The predicted octanol–water partition coefficient (Wildman–Crippen LogP) is 5.22. The normalized spacial score (nSPS) is 20.4. The van der Waals surface area contributed by atoms with Crippen molar-refractivity contribution < 1.29 is 45.6 Å². The molecule has 0 unspecified atom stereocenters. The van der Waals surface area contributed by atoms with E-state index in [1.807, 2.05) is 20.8 Å². The fraction of sp³-hybridized carbons (Fsp3) is 0.522. The number of aromatic nitrogens is 3. The third-order valence-electron chi connectivity index (χ3n) is 6.07. The second-order valence-electron chi connectivity index (χ2n) is 10.4. The summed E-state index contributed by atoms with van der Waals surface area (Å²) in [5.74, 6) is 0.145. The maximum atomic E-state index is 13.3. The Bertz CT molecular complexity index is 1380. The lowest BCUT2D eigenvalue weighted by Crippen LogP contribution is -2.53. The molecule has 1 saturated carbocycles. The third kappa shape index (κ3) is 6.42. The van der Waals surface area contributed by atoms with Crippen LogP contribution in [0.25, 0.3) is 22.5 Å². The molecule has 15 heteroatoms. The number of aryl methyl sites for hydroxylation is 1. The van der Waals surface area contributed by atoms with E-state index < -0.39 is 44.3 Å². The van der Waals surface area contributed by atoms with Crippen LogP contribution in [0.1, 0.15) is 44.7 Å². The summed E-state index contributed by atoms with van der Waals surface area (Å²) in [6, 6.07) is 4.29. The Morgan fingerprint density at radius 3 is 2.45 bits per heavy atom. The summed E-state index contributed by atoms with van der Waals surface area (Å²) in [5, 5.41) is 11.4. The van der Waals surface area contributed by atoms with Crippen LogP contribution in [0.5, 0.6) is 5.75 Å². The van der Waals surface area contributed by atoms with Gasteiger partial charge in [0.25, 0.3) is 5.89 Å². The fourth-order valence-corrected chi connectivity index (χ4v) is 5.06. The second-order valence-corrected chi connectivity index (χ2v) is 11.6. The number of nitrogens with one attached hydrogen (secondary N) is 1. The summed E-state index contributed by atoms with van der Waals surface area (Å²) >= 11 is 0. The summed E-state index contributed by atoms with van der Waals surface area (Å²) < 4.78 is 77.9. The molecule has 0 spiro atoms. The first-order valence-corrected chi connectivity index (χ1v) is 13.1. The standard InChI is InChI=1S/C23H27F4N4O6P/c1-12-5-17(19-30-31-20(36-19)28-13-8-22(9-13,10-24)37-38(32,33)34)29-18-15(12)6-14(35-11-23(25,26)27)7-16(18)21(2,3)4/h5-7,13H,8-11H2,1-4H3,(H,28,31)(H2,32,33,34). The van der Waals surface area contributed by atoms with Crippen LogP contribution in [0.4, 0.5) is 23.6 Å². The molecule has 1 aliphatic carbocycles. The number of fused-ring (bicyclic) bond motifs is 1. The number of nitrogens with zero attached hydrogens (tertiary/aromatic N) is 3. The van der Waals surface area contributed by atoms with Crippen molar-refractivity contribution in [2.45, 2.75) is 63.8 Å². The van der Waals surface area contributed by atoms with Gasteiger partial charge in [-0.05, 0) is 41.7 Å². The number of phosphoric acid groups is 1. The lowest BCUT2D eigenvalue weighted by atomic mass is 9.77. The van der Waals surface area contributed by atoms with Gasteiger partial charge >= 0.3 is 20.0 Å². The smallest absolute Gasteiger partial charge is 0.470 e. The summed E-state index contributed by atoms with van der Waals surface area (Å²) in [6.07, 6.45) is -4.52. The Morgan fingerprint density at radius 2 is 1.87 bits per heavy atom. The van der Waals surface area contributed by atoms with Crippen LogP contribution in [0.15, 0.2) is 22.6 Å². The molecule has 2 heterocycles. The number of rotatable bonds is 8. The van der Waals surface area contributed by atoms with Gasteiger partial charge in [-0.2, -0.15) is 13.2 Å². The van der Waals surface area contributed by atoms with Crippen LogP contribution in [-0.4, -0.2) is 56.1 Å². The lowest BCUT2D eigenvalue weighted by molar-refractivity contribution is -0.153. The molecule has 0 saturated heterocycles. The maximum Gasteiger partial charge on any atom is 0.470 e. The fourth-order valence-electron chi connectivity index (χ4n) is 4.35. The molecule has 2 aromatic heterocycles. The molecule has 0 bridgehead atoms. The minimum Gasteiger partial charge on any atom is -0.484 e. The summed E-state index contributed by atoms with van der Waals surface area (Å²) in [4.78, 5) is 22.7. The van der Waals surface area contributed by atoms with Gasteiger partial charge in [0.1, 0.15) is 23.7 Å². The number of ether oxygens (including phenoxy) is 1. The predicted molar refractivity (Wildman–Crippen MR) is 129 cm³/mol. The molecule has 0 amide bonds. The van der Waals surface area contributed by atoms with Crippen LogP contribution >= 0.6 is 7.82 Å². The molecule has 4 rings (SSSR count). The van der Waals surface area contributed by atoms with Gasteiger partial charge in [-0.15, -0.1) is 5.10 Å². The number of hydrogen-bond donors (Lipinski definition) is 3. The van der Waals surface area contributed by atoms with Crippen molar-refractivity contribution in [2.24, 2.45) is 0 Å². The molecular weight excluding hydrogens is 535 g/mol. The van der Waals surface area contributed by atoms with Crippen LogP contribution in [0.3, 0.4) is 0 Å². The number of hydrogen-bond acceptors (Lipinski definition) is 8. The monoisotopic (exact) mass is 562 g/mol. The van der Waals surface area contributed by atoms with Crippen molar-refractivity contribution in [3.63, 3.8) is 0 Å². The van der Waals surface area contributed by atoms with Crippen LogP contribution < -0.4 is 10.1 Å². The van der Waals surface area contributed by atoms with Crippen LogP contribution in [-0.2, 0) is 14.5 Å². The van der Waals surface area contributed by atoms with E-state index in [0.29, 0.717) is 27.7 Å². The molecular formula is C23H27F4N4O6P. The number of alkyl halides is 4. The van der Waals surface area contributed by atoms with Crippen LogP contribution in [0, 0.1) is 6.92 Å². The first kappa shape index (κ1) is 28.2. The Balaban J connectivity index is 1.59. The molecule has 3 aromatic rings. The van der Waals surface area contributed by atoms with E-state index in [4.69, 9.17) is 18.9 Å². The van der Waals surface area contributed by atoms with E-state index in [-0.39, 0.29) is 30.5 Å². The van der Waals surface area contributed by atoms with E-state index in [1.165, 1.54) is 6.07 Å². The highest BCUT2D eigenvalue weighted by Gasteiger charge is 2.50. The van der Waals surface area contributed by atoms with Crippen molar-refractivity contribution in [1.82, 2.24) is 15.2 Å². The van der Waals surface area contributed by atoms with Gasteiger partial charge in [0.05, 0.1) is 5.52 Å². The summed E-state index contributed by atoms with van der Waals surface area (Å²) in [6.45, 7) is 5.00. The summed E-state index contributed by atoms with van der Waals surface area (Å²) in [5.41, 5.74) is 0.168. The van der Waals surface area contributed by atoms with E-state index in [2.05, 4.69) is 25.0 Å². The average Bonchev–Trinajstić information content (AvgIpc) is 3.22. The van der Waals surface area contributed by atoms with Gasteiger partial charge in [-0.3, -0.25) is 4.52 Å². The zero-order valence-corrected chi connectivity index (χ0v) is 21.9. The van der Waals surface area contributed by atoms with E-state index in [1.54, 1.807) is 19.1 Å². The Labute approximate surface area is 215 Å². The van der Waals surface area contributed by atoms with Crippen molar-refractivity contribution in [3.8, 4) is 17.3 Å². The molecule has 10 nitrogen and oxygen atoms in total. The minimum atomic E-state index is -4.86. The third-order valence-corrected chi connectivity index (χ3v) is 6.69. The highest BCUT2D eigenvalue weighted by molar-refractivity contribution is 7.46. The number of anilines is 1. The van der Waals surface area contributed by atoms with Gasteiger partial charge in [0.15, 0.2) is 6.61 Å². The average molecular weight is 562 g/mol. The van der Waals surface area contributed by atoms with Gasteiger partial charge in [0.2, 0.25) is 0 Å². The number of benzene rings is 1. The van der Waals surface area contributed by atoms with Crippen LogP contribution in [0.2, 0.25) is 0 Å². The Morgan fingerprint density at radius 1 is 1.18 bits per heavy atom. The number of pyridine rings is 1. The topological polar surface area (TPSA) is 140 Å². The number of halogens is 4. The highest BCUT2D eigenvalue weighted by Crippen LogP contribution is 2.50. The zero-order valence-electron chi connectivity index (χ0n) is 21.0. The Hall–Kier alpha value is -2.80. The molecule has 0 radical (unpaired) electrons. The van der Waals surface area contributed by atoms with Crippen molar-refractivity contribution in [2.75, 3.05) is 18.6 Å². The first-order valence-electron chi connectivity index (χ1n) is 11.6. The van der Waals surface area contributed by atoms with Crippen molar-refractivity contribution in [1.29, 1.82) is 0 Å². The molecule has 0 atom stereocenters. The zero-order chi connectivity index (χ0) is 28.1. The second kappa shape index (κ2) is 9.74. The molecule has 3 N–H and O–H groups in total. The summed E-state index contributed by atoms with van der Waals surface area (Å²) in [7, 11) is -4.86. The van der Waals surface area contributed by atoms with Crippen molar-refractivity contribution in [3.05, 3.63) is 29.3 Å². The van der Waals surface area contributed by atoms with Gasteiger partial charge in [-0.1, -0.05) is 25.9 Å². The molecule has 208 valence electrons. The quantitative estimate of drug-likeness (QED) is 0.247. The number of phosphoric ester groups is 1. The van der Waals surface area contributed by atoms with Gasteiger partial charge in [0, 0.05) is 24.3 Å². The van der Waals surface area contributed by atoms with Gasteiger partial charge in [-0.25, -0.2) is 13.9 Å². The molecule has 1 fully saturated rings. The van der Waals surface area contributed by atoms with E-state index in [9.17, 15) is 22.1 Å². The molecule has 0 aliphatic heterocycles. The van der Waals surface area contributed by atoms with E-state index >= 15 is 0 Å². The SMILES string of the molecule is Cc1cc(-c2nnc(NC3CC(CF)(OP(=O)(O)O)C3)o2)nc2c(C(C)(C)C)cc(OCC(F)(F)F)cc12. The molecule has 1 aliphatic rings. The Kier molecular flexibility index (Phi) is 7.23. The molecule has 38 heavy (non-hydrogen) atoms. The maximum absolute atomic E-state index is 13.3. The van der Waals surface area contributed by atoms with Gasteiger partial charge < -0.3 is 24.3 Å². The highest BCUT2D eigenvalue weighted by atomic mass is 31.2. The lowest BCUT2D eigenvalue weighted by Gasteiger charge is -2.44. The molecule has 1 aromatic carbocycles. The largest absolute Gasteiger partial charge is 0.484 e. The minimum absolute atomic E-state index is 0.000121.